The molecule has 1 aliphatic heterocycles. The second-order valence-electron chi connectivity index (χ2n) is 4.47. The van der Waals surface area contributed by atoms with Crippen molar-refractivity contribution in [3.8, 4) is 5.19 Å². The van der Waals surface area contributed by atoms with E-state index in [1.165, 1.54) is 10.3 Å². The topological polar surface area (TPSA) is 34.1 Å². The van der Waals surface area contributed by atoms with Gasteiger partial charge >= 0.3 is 0 Å². The zero-order chi connectivity index (χ0) is 11.7. The number of rotatable bonds is 2. The van der Waals surface area contributed by atoms with Gasteiger partial charge in [0, 0.05) is 0 Å². The molecular weight excluding hydrogens is 232 g/mol. The summed E-state index contributed by atoms with van der Waals surface area (Å²) in [6.45, 7) is 4.19. The second-order valence-corrected chi connectivity index (χ2v) is 5.46. The number of hydrogen-bond acceptors (Lipinski definition) is 4. The lowest BCUT2D eigenvalue weighted by Gasteiger charge is -2.22. The normalized spacial score (nSPS) is 17.5. The van der Waals surface area contributed by atoms with E-state index in [0.29, 0.717) is 6.10 Å². The molecule has 0 aliphatic carbocycles. The molecule has 0 unspecified atom stereocenters. The van der Waals surface area contributed by atoms with Gasteiger partial charge in [0.1, 0.15) is 6.10 Å². The Morgan fingerprint density at radius 2 is 2.18 bits per heavy atom. The molecule has 1 N–H and O–H groups in total. The van der Waals surface area contributed by atoms with E-state index in [1.54, 1.807) is 11.3 Å². The number of aryl methyl sites for hydroxylation is 1. The molecule has 4 heteroatoms. The number of thiazole rings is 1. The van der Waals surface area contributed by atoms with Gasteiger partial charge in [-0.1, -0.05) is 23.5 Å². The van der Waals surface area contributed by atoms with Gasteiger partial charge in [-0.3, -0.25) is 0 Å². The van der Waals surface area contributed by atoms with Crippen LogP contribution in [0.4, 0.5) is 0 Å². The van der Waals surface area contributed by atoms with Crippen LogP contribution in [-0.2, 0) is 0 Å². The zero-order valence-corrected chi connectivity index (χ0v) is 10.7. The molecule has 1 aliphatic rings. The average Bonchev–Trinajstić information content (AvgIpc) is 2.74. The standard InChI is InChI=1S/C13H16N2OS/c1-9-3-2-4-11-12(9)15-13(17-11)16-10-5-7-14-8-6-10/h2-4,10,14H,5-8H2,1H3. The average molecular weight is 248 g/mol. The molecule has 0 radical (unpaired) electrons. The quantitative estimate of drug-likeness (QED) is 0.887. The highest BCUT2D eigenvalue weighted by atomic mass is 32.1. The number of nitrogens with zero attached hydrogens (tertiary/aromatic N) is 1. The van der Waals surface area contributed by atoms with E-state index in [0.717, 1.165) is 36.6 Å². The van der Waals surface area contributed by atoms with Crippen molar-refractivity contribution < 1.29 is 4.74 Å². The third kappa shape index (κ3) is 2.28. The van der Waals surface area contributed by atoms with Gasteiger partial charge in [0.2, 0.25) is 0 Å². The predicted octanol–water partition coefficient (Wildman–Crippen LogP) is 2.74. The second kappa shape index (κ2) is 4.63. The van der Waals surface area contributed by atoms with E-state index < -0.39 is 0 Å². The predicted molar refractivity (Wildman–Crippen MR) is 70.9 cm³/mol. The highest BCUT2D eigenvalue weighted by Gasteiger charge is 2.16. The van der Waals surface area contributed by atoms with E-state index >= 15 is 0 Å². The first-order valence-electron chi connectivity index (χ1n) is 6.06. The summed E-state index contributed by atoms with van der Waals surface area (Å²) in [5, 5.41) is 4.16. The molecule has 1 fully saturated rings. The Kier molecular flexibility index (Phi) is 2.99. The fraction of sp³-hybridized carbons (Fsp3) is 0.462. The number of para-hydroxylation sites is 1. The summed E-state index contributed by atoms with van der Waals surface area (Å²) < 4.78 is 7.18. The lowest BCUT2D eigenvalue weighted by atomic mass is 10.1. The van der Waals surface area contributed by atoms with Crippen LogP contribution in [0.2, 0.25) is 0 Å². The molecule has 1 saturated heterocycles. The summed E-state index contributed by atoms with van der Waals surface area (Å²) in [6, 6.07) is 6.27. The van der Waals surface area contributed by atoms with Gasteiger partial charge in [0.15, 0.2) is 0 Å². The van der Waals surface area contributed by atoms with Crippen molar-refractivity contribution in [1.29, 1.82) is 0 Å². The Bertz CT molecular complexity index is 517. The molecule has 0 bridgehead atoms. The molecule has 0 atom stereocenters. The van der Waals surface area contributed by atoms with Gasteiger partial charge in [-0.15, -0.1) is 0 Å². The minimum Gasteiger partial charge on any atom is -0.467 e. The highest BCUT2D eigenvalue weighted by molar-refractivity contribution is 7.20. The summed E-state index contributed by atoms with van der Waals surface area (Å²) in [6.07, 6.45) is 2.49. The van der Waals surface area contributed by atoms with Gasteiger partial charge < -0.3 is 10.1 Å². The molecule has 0 amide bonds. The van der Waals surface area contributed by atoms with Crippen LogP contribution in [0.15, 0.2) is 18.2 Å². The summed E-state index contributed by atoms with van der Waals surface area (Å²) in [4.78, 5) is 4.58. The third-order valence-corrected chi connectivity index (χ3v) is 4.07. The van der Waals surface area contributed by atoms with Crippen LogP contribution in [0.25, 0.3) is 10.2 Å². The van der Waals surface area contributed by atoms with Crippen LogP contribution in [0.3, 0.4) is 0 Å². The summed E-state index contributed by atoms with van der Waals surface area (Å²) in [5.41, 5.74) is 2.31. The molecule has 2 aromatic rings. The van der Waals surface area contributed by atoms with Crippen molar-refractivity contribution in [3.63, 3.8) is 0 Å². The number of fused-ring (bicyclic) bond motifs is 1. The zero-order valence-electron chi connectivity index (χ0n) is 9.90. The first-order chi connectivity index (χ1) is 8.33. The molecule has 2 heterocycles. The van der Waals surface area contributed by atoms with Crippen molar-refractivity contribution in [1.82, 2.24) is 10.3 Å². The molecule has 3 nitrogen and oxygen atoms in total. The van der Waals surface area contributed by atoms with Crippen molar-refractivity contribution in [3.05, 3.63) is 23.8 Å². The smallest absolute Gasteiger partial charge is 0.274 e. The lowest BCUT2D eigenvalue weighted by Crippen LogP contribution is -2.34. The van der Waals surface area contributed by atoms with E-state index in [9.17, 15) is 0 Å². The van der Waals surface area contributed by atoms with E-state index in [1.807, 2.05) is 0 Å². The van der Waals surface area contributed by atoms with E-state index in [-0.39, 0.29) is 0 Å². The first kappa shape index (κ1) is 11.0. The van der Waals surface area contributed by atoms with Crippen molar-refractivity contribution in [2.45, 2.75) is 25.9 Å². The van der Waals surface area contributed by atoms with Crippen LogP contribution in [-0.4, -0.2) is 24.2 Å². The van der Waals surface area contributed by atoms with Crippen LogP contribution in [0, 0.1) is 6.92 Å². The maximum Gasteiger partial charge on any atom is 0.274 e. The first-order valence-corrected chi connectivity index (χ1v) is 6.88. The molecule has 3 rings (SSSR count). The fourth-order valence-corrected chi connectivity index (χ4v) is 3.13. The number of piperidine rings is 1. The van der Waals surface area contributed by atoms with Crippen LogP contribution >= 0.6 is 11.3 Å². The molecule has 0 saturated carbocycles. The van der Waals surface area contributed by atoms with Gasteiger partial charge in [-0.2, -0.15) is 0 Å². The molecule has 17 heavy (non-hydrogen) atoms. The monoisotopic (exact) mass is 248 g/mol. The van der Waals surface area contributed by atoms with E-state index in [4.69, 9.17) is 4.74 Å². The fourth-order valence-electron chi connectivity index (χ4n) is 2.17. The van der Waals surface area contributed by atoms with Gasteiger partial charge in [0.05, 0.1) is 10.2 Å². The molecular formula is C13H16N2OS. The Hall–Kier alpha value is -1.13. The number of ether oxygens (including phenoxy) is 1. The lowest BCUT2D eigenvalue weighted by molar-refractivity contribution is 0.162. The van der Waals surface area contributed by atoms with Crippen molar-refractivity contribution in [2.75, 3.05) is 13.1 Å². The molecule has 90 valence electrons. The number of aromatic nitrogens is 1. The Balaban J connectivity index is 1.83. The largest absolute Gasteiger partial charge is 0.467 e. The van der Waals surface area contributed by atoms with Crippen molar-refractivity contribution in [2.24, 2.45) is 0 Å². The van der Waals surface area contributed by atoms with Gasteiger partial charge in [0.25, 0.3) is 5.19 Å². The maximum absolute atomic E-state index is 5.96. The van der Waals surface area contributed by atoms with Gasteiger partial charge in [-0.25, -0.2) is 4.98 Å². The molecule has 1 aromatic carbocycles. The van der Waals surface area contributed by atoms with Crippen LogP contribution < -0.4 is 10.1 Å². The van der Waals surface area contributed by atoms with Crippen molar-refractivity contribution >= 4 is 21.6 Å². The molecule has 0 spiro atoms. The number of benzene rings is 1. The third-order valence-electron chi connectivity index (χ3n) is 3.15. The van der Waals surface area contributed by atoms with Crippen LogP contribution in [0.1, 0.15) is 18.4 Å². The molecule has 1 aromatic heterocycles. The van der Waals surface area contributed by atoms with Gasteiger partial charge in [-0.05, 0) is 44.5 Å². The summed E-state index contributed by atoms with van der Waals surface area (Å²) in [5.74, 6) is 0. The Labute approximate surface area is 105 Å². The summed E-state index contributed by atoms with van der Waals surface area (Å²) in [7, 11) is 0. The SMILES string of the molecule is Cc1cccc2sc(OC3CCNCC3)nc12. The minimum absolute atomic E-state index is 0.331. The Morgan fingerprint density at radius 3 is 2.94 bits per heavy atom. The maximum atomic E-state index is 5.96. The number of hydrogen-bond donors (Lipinski definition) is 1. The van der Waals surface area contributed by atoms with Crippen LogP contribution in [0.5, 0.6) is 5.19 Å². The highest BCUT2D eigenvalue weighted by Crippen LogP contribution is 2.30. The number of nitrogens with one attached hydrogen (secondary N) is 1. The van der Waals surface area contributed by atoms with E-state index in [2.05, 4.69) is 35.4 Å². The summed E-state index contributed by atoms with van der Waals surface area (Å²) >= 11 is 1.65. The minimum atomic E-state index is 0.331. The Morgan fingerprint density at radius 1 is 1.35 bits per heavy atom.